The molecular formula is C16H21BN2O. The Balaban J connectivity index is 1.71. The number of likely N-dealkylation sites (tertiary alicyclic amines) is 1. The smallest absolute Gasteiger partial charge is 0.226 e. The van der Waals surface area contributed by atoms with E-state index in [2.05, 4.69) is 42.0 Å². The molecule has 1 aliphatic rings. The maximum absolute atomic E-state index is 5.83. The zero-order valence-electron chi connectivity index (χ0n) is 12.4. The van der Waals surface area contributed by atoms with E-state index in [0.717, 1.165) is 35.9 Å². The maximum Gasteiger partial charge on any atom is 0.226 e. The molecule has 0 atom stereocenters. The van der Waals surface area contributed by atoms with Gasteiger partial charge in [0.1, 0.15) is 13.6 Å². The molecule has 0 bridgehead atoms. The van der Waals surface area contributed by atoms with Gasteiger partial charge in [0.2, 0.25) is 5.89 Å². The summed E-state index contributed by atoms with van der Waals surface area (Å²) in [5.74, 6) is 1.71. The average molecular weight is 268 g/mol. The summed E-state index contributed by atoms with van der Waals surface area (Å²) in [6, 6.07) is 8.34. The van der Waals surface area contributed by atoms with E-state index in [1.165, 1.54) is 31.4 Å². The van der Waals surface area contributed by atoms with Crippen LogP contribution in [0.1, 0.15) is 24.3 Å². The Bertz CT molecular complexity index is 571. The molecule has 104 valence electrons. The molecular weight excluding hydrogens is 247 g/mol. The molecule has 20 heavy (non-hydrogen) atoms. The first-order valence-corrected chi connectivity index (χ1v) is 7.48. The van der Waals surface area contributed by atoms with Crippen LogP contribution in [0.3, 0.4) is 0 Å². The van der Waals surface area contributed by atoms with Crippen molar-refractivity contribution in [3.05, 3.63) is 35.7 Å². The van der Waals surface area contributed by atoms with Crippen molar-refractivity contribution in [2.45, 2.75) is 26.2 Å². The standard InChI is InChI=1S/C16H21BN2O/c1-12-15(8-11-19-9-2-3-10-19)18-16(20-12)13-4-6-14(17)7-5-13/h4-7H,2-3,8-11,17H2,1H3. The quantitative estimate of drug-likeness (QED) is 0.788. The topological polar surface area (TPSA) is 29.3 Å². The fourth-order valence-electron chi connectivity index (χ4n) is 2.75. The van der Waals surface area contributed by atoms with E-state index in [1.54, 1.807) is 0 Å². The molecule has 4 heteroatoms. The minimum Gasteiger partial charge on any atom is -0.441 e. The molecule has 0 saturated carbocycles. The number of hydrogen-bond acceptors (Lipinski definition) is 3. The van der Waals surface area contributed by atoms with Gasteiger partial charge in [-0.15, -0.1) is 0 Å². The molecule has 0 unspecified atom stereocenters. The lowest BCUT2D eigenvalue weighted by Gasteiger charge is -2.12. The summed E-state index contributed by atoms with van der Waals surface area (Å²) >= 11 is 0. The molecule has 2 heterocycles. The lowest BCUT2D eigenvalue weighted by Crippen LogP contribution is -2.22. The summed E-state index contributed by atoms with van der Waals surface area (Å²) in [5, 5.41) is 0. The summed E-state index contributed by atoms with van der Waals surface area (Å²) in [6.07, 6.45) is 3.67. The zero-order chi connectivity index (χ0) is 13.9. The van der Waals surface area contributed by atoms with Gasteiger partial charge in [-0.1, -0.05) is 29.7 Å². The van der Waals surface area contributed by atoms with Crippen molar-refractivity contribution in [2.24, 2.45) is 0 Å². The van der Waals surface area contributed by atoms with Crippen LogP contribution in [0.4, 0.5) is 0 Å². The van der Waals surface area contributed by atoms with Gasteiger partial charge in [0.15, 0.2) is 0 Å². The van der Waals surface area contributed by atoms with Crippen LogP contribution < -0.4 is 5.46 Å². The van der Waals surface area contributed by atoms with E-state index in [0.29, 0.717) is 0 Å². The highest BCUT2D eigenvalue weighted by atomic mass is 16.4. The SMILES string of the molecule is Bc1ccc(-c2nc(CCN3CCCC3)c(C)o2)cc1. The molecule has 1 aliphatic heterocycles. The van der Waals surface area contributed by atoms with Crippen LogP contribution in [0.25, 0.3) is 11.5 Å². The first kappa shape index (κ1) is 13.4. The Morgan fingerprint density at radius 3 is 2.60 bits per heavy atom. The van der Waals surface area contributed by atoms with Crippen molar-refractivity contribution in [1.29, 1.82) is 0 Å². The number of aromatic nitrogens is 1. The summed E-state index contributed by atoms with van der Waals surface area (Å²) in [7, 11) is 2.09. The maximum atomic E-state index is 5.83. The lowest BCUT2D eigenvalue weighted by atomic mass is 9.95. The van der Waals surface area contributed by atoms with Crippen molar-refractivity contribution in [3.8, 4) is 11.5 Å². The van der Waals surface area contributed by atoms with Crippen LogP contribution in [-0.4, -0.2) is 37.4 Å². The van der Waals surface area contributed by atoms with Gasteiger partial charge < -0.3 is 9.32 Å². The lowest BCUT2D eigenvalue weighted by molar-refractivity contribution is 0.341. The first-order valence-electron chi connectivity index (χ1n) is 7.48. The predicted octanol–water partition coefficient (Wildman–Crippen LogP) is 1.55. The third-order valence-corrected chi connectivity index (χ3v) is 4.05. The van der Waals surface area contributed by atoms with Crippen molar-refractivity contribution in [2.75, 3.05) is 19.6 Å². The third kappa shape index (κ3) is 2.96. The largest absolute Gasteiger partial charge is 0.441 e. The van der Waals surface area contributed by atoms with Crippen molar-refractivity contribution in [3.63, 3.8) is 0 Å². The van der Waals surface area contributed by atoms with Gasteiger partial charge in [0.25, 0.3) is 0 Å². The second-order valence-electron chi connectivity index (χ2n) is 5.69. The van der Waals surface area contributed by atoms with Crippen molar-refractivity contribution in [1.82, 2.24) is 9.88 Å². The van der Waals surface area contributed by atoms with E-state index in [9.17, 15) is 0 Å². The number of rotatable bonds is 4. The zero-order valence-corrected chi connectivity index (χ0v) is 12.4. The molecule has 2 aromatic rings. The normalized spacial score (nSPS) is 15.8. The van der Waals surface area contributed by atoms with Crippen molar-refractivity contribution >= 4 is 13.3 Å². The van der Waals surface area contributed by atoms with E-state index in [4.69, 9.17) is 4.42 Å². The molecule has 3 nitrogen and oxygen atoms in total. The highest BCUT2D eigenvalue weighted by Crippen LogP contribution is 2.21. The molecule has 0 amide bonds. The van der Waals surface area contributed by atoms with E-state index in [-0.39, 0.29) is 0 Å². The summed E-state index contributed by atoms with van der Waals surface area (Å²) in [6.45, 7) is 5.59. The van der Waals surface area contributed by atoms with Crippen LogP contribution in [0.5, 0.6) is 0 Å². The fraction of sp³-hybridized carbons (Fsp3) is 0.438. The van der Waals surface area contributed by atoms with Crippen LogP contribution in [0.2, 0.25) is 0 Å². The van der Waals surface area contributed by atoms with Gasteiger partial charge in [0, 0.05) is 18.5 Å². The van der Waals surface area contributed by atoms with Crippen LogP contribution in [0, 0.1) is 6.92 Å². The summed E-state index contributed by atoms with van der Waals surface area (Å²) in [5.41, 5.74) is 3.42. The average Bonchev–Trinajstić information content (AvgIpc) is 3.07. The number of hydrogen-bond donors (Lipinski definition) is 0. The van der Waals surface area contributed by atoms with Gasteiger partial charge in [-0.2, -0.15) is 0 Å². The molecule has 0 N–H and O–H groups in total. The predicted molar refractivity (Wildman–Crippen MR) is 84.2 cm³/mol. The number of nitrogens with zero attached hydrogens (tertiary/aromatic N) is 2. The fourth-order valence-corrected chi connectivity index (χ4v) is 2.75. The van der Waals surface area contributed by atoms with E-state index >= 15 is 0 Å². The summed E-state index contributed by atoms with van der Waals surface area (Å²) in [4.78, 5) is 7.19. The number of benzene rings is 1. The van der Waals surface area contributed by atoms with E-state index < -0.39 is 0 Å². The Labute approximate surface area is 121 Å². The molecule has 0 spiro atoms. The molecule has 0 radical (unpaired) electrons. The highest BCUT2D eigenvalue weighted by molar-refractivity contribution is 6.32. The monoisotopic (exact) mass is 268 g/mol. The molecule has 0 aliphatic carbocycles. The Kier molecular flexibility index (Phi) is 3.92. The molecule has 1 fully saturated rings. The number of oxazole rings is 1. The van der Waals surface area contributed by atoms with Crippen LogP contribution >= 0.6 is 0 Å². The second kappa shape index (κ2) is 5.84. The molecule has 3 rings (SSSR count). The van der Waals surface area contributed by atoms with Gasteiger partial charge >= 0.3 is 0 Å². The second-order valence-corrected chi connectivity index (χ2v) is 5.69. The van der Waals surface area contributed by atoms with Crippen molar-refractivity contribution < 1.29 is 4.42 Å². The van der Waals surface area contributed by atoms with Crippen LogP contribution in [0.15, 0.2) is 28.7 Å². The van der Waals surface area contributed by atoms with Gasteiger partial charge in [0.05, 0.1) is 5.69 Å². The summed E-state index contributed by atoms with van der Waals surface area (Å²) < 4.78 is 5.83. The Morgan fingerprint density at radius 1 is 1.20 bits per heavy atom. The highest BCUT2D eigenvalue weighted by Gasteiger charge is 2.15. The molecule has 1 aromatic carbocycles. The first-order chi connectivity index (χ1) is 9.72. The molecule has 1 saturated heterocycles. The van der Waals surface area contributed by atoms with Gasteiger partial charge in [-0.05, 0) is 32.9 Å². The Hall–Kier alpha value is -1.55. The number of aryl methyl sites for hydroxylation is 1. The van der Waals surface area contributed by atoms with Gasteiger partial charge in [-0.25, -0.2) is 4.98 Å². The molecule has 1 aromatic heterocycles. The minimum absolute atomic E-state index is 0.749. The van der Waals surface area contributed by atoms with Crippen LogP contribution in [-0.2, 0) is 6.42 Å². The van der Waals surface area contributed by atoms with E-state index in [1.807, 2.05) is 6.92 Å². The Morgan fingerprint density at radius 2 is 1.90 bits per heavy atom. The van der Waals surface area contributed by atoms with Gasteiger partial charge in [-0.3, -0.25) is 0 Å². The third-order valence-electron chi connectivity index (χ3n) is 4.05. The minimum atomic E-state index is 0.749.